The van der Waals surface area contributed by atoms with E-state index < -0.39 is 0 Å². The van der Waals surface area contributed by atoms with Crippen LogP contribution in [0.15, 0.2) is 24.3 Å². The zero-order chi connectivity index (χ0) is 13.5. The van der Waals surface area contributed by atoms with Crippen molar-refractivity contribution in [2.75, 3.05) is 0 Å². The number of hydrogen-bond acceptors (Lipinski definition) is 2. The molecule has 0 amide bonds. The summed E-state index contributed by atoms with van der Waals surface area (Å²) in [5, 5.41) is 13.1. The van der Waals surface area contributed by atoms with Crippen LogP contribution in [0, 0.1) is 23.7 Å². The molecule has 0 saturated heterocycles. The molecular formula is C18H25NO. The average Bonchev–Trinajstić information content (AvgIpc) is 2.46. The summed E-state index contributed by atoms with van der Waals surface area (Å²) in [4.78, 5) is 0. The van der Waals surface area contributed by atoms with E-state index in [0.717, 1.165) is 41.8 Å². The minimum atomic E-state index is 0.145. The van der Waals surface area contributed by atoms with Crippen LogP contribution in [0.5, 0.6) is 0 Å². The van der Waals surface area contributed by atoms with Gasteiger partial charge in [-0.3, -0.25) is 0 Å². The first-order chi connectivity index (χ1) is 9.81. The molecule has 20 heavy (non-hydrogen) atoms. The summed E-state index contributed by atoms with van der Waals surface area (Å²) in [6, 6.07) is 9.09. The maximum atomic E-state index is 9.22. The van der Waals surface area contributed by atoms with Crippen molar-refractivity contribution in [2.24, 2.45) is 23.7 Å². The van der Waals surface area contributed by atoms with E-state index in [-0.39, 0.29) is 6.61 Å². The Hall–Kier alpha value is -0.860. The fraction of sp³-hybridized carbons (Fsp3) is 0.667. The number of nitrogens with one attached hydrogen (secondary N) is 1. The fourth-order valence-electron chi connectivity index (χ4n) is 5.33. The lowest BCUT2D eigenvalue weighted by molar-refractivity contribution is -0.0142. The van der Waals surface area contributed by atoms with Crippen LogP contribution in [0.4, 0.5) is 0 Å². The molecule has 0 heterocycles. The first kappa shape index (κ1) is 12.8. The quantitative estimate of drug-likeness (QED) is 0.882. The van der Waals surface area contributed by atoms with Gasteiger partial charge < -0.3 is 10.4 Å². The number of aliphatic hydroxyl groups excluding tert-OH is 1. The molecule has 4 fully saturated rings. The smallest absolute Gasteiger partial charge is 0.0681 e. The van der Waals surface area contributed by atoms with Crippen molar-refractivity contribution in [1.29, 1.82) is 0 Å². The minimum absolute atomic E-state index is 0.145. The number of benzene rings is 1. The summed E-state index contributed by atoms with van der Waals surface area (Å²) >= 11 is 0. The molecule has 4 aliphatic carbocycles. The molecule has 1 aromatic rings. The lowest BCUT2D eigenvalue weighted by Gasteiger charge is -2.54. The van der Waals surface area contributed by atoms with Gasteiger partial charge in [0, 0.05) is 12.6 Å². The zero-order valence-corrected chi connectivity index (χ0v) is 12.1. The third-order valence-corrected chi connectivity index (χ3v) is 5.94. The Labute approximate surface area is 121 Å². The normalized spacial score (nSPS) is 38.4. The van der Waals surface area contributed by atoms with Crippen molar-refractivity contribution in [3.8, 4) is 0 Å². The predicted molar refractivity (Wildman–Crippen MR) is 80.0 cm³/mol. The van der Waals surface area contributed by atoms with Crippen LogP contribution >= 0.6 is 0 Å². The number of aliphatic hydroxyl groups is 1. The maximum absolute atomic E-state index is 9.22. The summed E-state index contributed by atoms with van der Waals surface area (Å²) < 4.78 is 0. The molecule has 0 unspecified atom stereocenters. The Balaban J connectivity index is 1.42. The van der Waals surface area contributed by atoms with E-state index in [4.69, 9.17) is 0 Å². The predicted octanol–water partition coefficient (Wildman–Crippen LogP) is 3.09. The minimum Gasteiger partial charge on any atom is -0.392 e. The van der Waals surface area contributed by atoms with Crippen molar-refractivity contribution in [1.82, 2.24) is 5.32 Å². The summed E-state index contributed by atoms with van der Waals surface area (Å²) in [5.41, 5.74) is 2.33. The SMILES string of the molecule is OCc1cccc(CNC2C3CC4CC(C3)CC2C4)c1. The first-order valence-corrected chi connectivity index (χ1v) is 8.24. The van der Waals surface area contributed by atoms with Gasteiger partial charge >= 0.3 is 0 Å². The van der Waals surface area contributed by atoms with Crippen molar-refractivity contribution < 1.29 is 5.11 Å². The Morgan fingerprint density at radius 1 is 0.950 bits per heavy atom. The highest BCUT2D eigenvalue weighted by Gasteiger charge is 2.47. The first-order valence-electron chi connectivity index (χ1n) is 8.24. The Kier molecular flexibility index (Phi) is 3.31. The highest BCUT2D eigenvalue weighted by Crippen LogP contribution is 2.53. The van der Waals surface area contributed by atoms with Crippen LogP contribution in [-0.2, 0) is 13.2 Å². The van der Waals surface area contributed by atoms with Crippen LogP contribution in [0.25, 0.3) is 0 Å². The van der Waals surface area contributed by atoms with Gasteiger partial charge in [-0.25, -0.2) is 0 Å². The molecule has 0 spiro atoms. The second-order valence-corrected chi connectivity index (χ2v) is 7.32. The second-order valence-electron chi connectivity index (χ2n) is 7.32. The summed E-state index contributed by atoms with van der Waals surface area (Å²) in [7, 11) is 0. The fourth-order valence-corrected chi connectivity index (χ4v) is 5.33. The van der Waals surface area contributed by atoms with Gasteiger partial charge in [0.05, 0.1) is 6.61 Å². The van der Waals surface area contributed by atoms with Crippen molar-refractivity contribution in [3.05, 3.63) is 35.4 Å². The molecular weight excluding hydrogens is 246 g/mol. The van der Waals surface area contributed by atoms with E-state index in [1.807, 2.05) is 6.07 Å². The van der Waals surface area contributed by atoms with Gasteiger partial charge in [0.25, 0.3) is 0 Å². The molecule has 2 nitrogen and oxygen atoms in total. The molecule has 4 saturated carbocycles. The van der Waals surface area contributed by atoms with E-state index in [0.29, 0.717) is 0 Å². The van der Waals surface area contributed by atoms with Gasteiger partial charge in [-0.15, -0.1) is 0 Å². The standard InChI is InChI=1S/C18H25NO/c20-11-13-3-1-2-12(4-13)10-19-18-16-6-14-5-15(8-16)9-17(18)7-14/h1-4,14-20H,5-11H2. The largest absolute Gasteiger partial charge is 0.392 e. The van der Waals surface area contributed by atoms with Crippen molar-refractivity contribution >= 4 is 0 Å². The number of rotatable bonds is 4. The average molecular weight is 271 g/mol. The third kappa shape index (κ3) is 2.29. The molecule has 2 heteroatoms. The van der Waals surface area contributed by atoms with Crippen molar-refractivity contribution in [3.63, 3.8) is 0 Å². The van der Waals surface area contributed by atoms with Crippen LogP contribution < -0.4 is 5.32 Å². The third-order valence-electron chi connectivity index (χ3n) is 5.94. The Morgan fingerprint density at radius 3 is 2.25 bits per heavy atom. The summed E-state index contributed by atoms with van der Waals surface area (Å²) in [6.45, 7) is 1.10. The molecule has 1 aromatic carbocycles. The van der Waals surface area contributed by atoms with Gasteiger partial charge in [0.1, 0.15) is 0 Å². The van der Waals surface area contributed by atoms with Crippen molar-refractivity contribution in [2.45, 2.75) is 51.3 Å². The highest BCUT2D eigenvalue weighted by atomic mass is 16.3. The van der Waals surface area contributed by atoms with Gasteiger partial charge in [0.2, 0.25) is 0 Å². The topological polar surface area (TPSA) is 32.3 Å². The molecule has 2 N–H and O–H groups in total. The molecule has 4 bridgehead atoms. The van der Waals surface area contributed by atoms with Crippen LogP contribution in [0.3, 0.4) is 0 Å². The molecule has 0 radical (unpaired) electrons. The molecule has 4 aliphatic rings. The number of hydrogen-bond donors (Lipinski definition) is 2. The molecule has 0 aromatic heterocycles. The molecule has 108 valence electrons. The van der Waals surface area contributed by atoms with Gasteiger partial charge in [-0.2, -0.15) is 0 Å². The van der Waals surface area contributed by atoms with E-state index in [1.165, 1.54) is 37.7 Å². The van der Waals surface area contributed by atoms with Crippen LogP contribution in [0.2, 0.25) is 0 Å². The Bertz CT molecular complexity index is 456. The molecule has 0 aliphatic heterocycles. The van der Waals surface area contributed by atoms with Crippen LogP contribution in [-0.4, -0.2) is 11.1 Å². The Morgan fingerprint density at radius 2 is 1.60 bits per heavy atom. The van der Waals surface area contributed by atoms with E-state index in [1.54, 1.807) is 0 Å². The molecule has 5 rings (SSSR count). The van der Waals surface area contributed by atoms with Gasteiger partial charge in [-0.05, 0) is 66.9 Å². The van der Waals surface area contributed by atoms with E-state index in [2.05, 4.69) is 23.5 Å². The summed E-state index contributed by atoms with van der Waals surface area (Å²) in [6.07, 6.45) is 7.42. The maximum Gasteiger partial charge on any atom is 0.0681 e. The second kappa shape index (κ2) is 5.16. The highest BCUT2D eigenvalue weighted by molar-refractivity contribution is 5.23. The van der Waals surface area contributed by atoms with Gasteiger partial charge in [0.15, 0.2) is 0 Å². The lowest BCUT2D eigenvalue weighted by Crippen LogP contribution is -2.54. The van der Waals surface area contributed by atoms with Crippen LogP contribution in [0.1, 0.15) is 43.2 Å². The molecule has 0 atom stereocenters. The van der Waals surface area contributed by atoms with E-state index in [9.17, 15) is 5.11 Å². The lowest BCUT2D eigenvalue weighted by atomic mass is 9.54. The monoisotopic (exact) mass is 271 g/mol. The van der Waals surface area contributed by atoms with Gasteiger partial charge in [-0.1, -0.05) is 24.3 Å². The summed E-state index contributed by atoms with van der Waals surface area (Å²) in [5.74, 6) is 3.97. The van der Waals surface area contributed by atoms with E-state index >= 15 is 0 Å². The zero-order valence-electron chi connectivity index (χ0n) is 12.1.